The molecule has 1 aliphatic heterocycles. The molecular weight excluding hydrogens is 330 g/mol. The number of carbonyl (C=O) groups is 1. The molecule has 7 nitrogen and oxygen atoms in total. The van der Waals surface area contributed by atoms with Gasteiger partial charge in [0.15, 0.2) is 0 Å². The smallest absolute Gasteiger partial charge is 0.235 e. The Balaban J connectivity index is 0.00000441. The number of rotatable bonds is 8. The molecule has 132 valence electrons. The number of hydrogen-bond acceptors (Lipinski definition) is 5. The summed E-state index contributed by atoms with van der Waals surface area (Å²) < 4.78 is 30.8. The molecular formula is C13H28ClN3O4S. The van der Waals surface area contributed by atoms with Gasteiger partial charge in [-0.25, -0.2) is 13.1 Å². The highest BCUT2D eigenvalue weighted by molar-refractivity contribution is 7.89. The lowest BCUT2D eigenvalue weighted by Crippen LogP contribution is -2.49. The molecule has 2 atom stereocenters. The number of halogens is 1. The molecule has 3 N–H and O–H groups in total. The van der Waals surface area contributed by atoms with Gasteiger partial charge in [0.1, 0.15) is 0 Å². The van der Waals surface area contributed by atoms with Gasteiger partial charge < -0.3 is 15.4 Å². The molecule has 2 unspecified atom stereocenters. The van der Waals surface area contributed by atoms with Crippen LogP contribution in [-0.4, -0.2) is 58.0 Å². The van der Waals surface area contributed by atoms with Gasteiger partial charge in [0.05, 0.1) is 25.0 Å². The van der Waals surface area contributed by atoms with Crippen LogP contribution in [0.15, 0.2) is 0 Å². The Morgan fingerprint density at radius 2 is 2.09 bits per heavy atom. The second-order valence-corrected chi connectivity index (χ2v) is 7.63. The zero-order valence-corrected chi connectivity index (χ0v) is 15.1. The van der Waals surface area contributed by atoms with Crippen molar-refractivity contribution in [3.8, 4) is 0 Å². The van der Waals surface area contributed by atoms with Crippen molar-refractivity contribution < 1.29 is 17.9 Å². The third kappa shape index (κ3) is 9.58. The van der Waals surface area contributed by atoms with Crippen molar-refractivity contribution in [3.63, 3.8) is 0 Å². The lowest BCUT2D eigenvalue weighted by Gasteiger charge is -2.28. The van der Waals surface area contributed by atoms with Crippen LogP contribution in [0.3, 0.4) is 0 Å². The fourth-order valence-electron chi connectivity index (χ4n) is 2.18. The van der Waals surface area contributed by atoms with Crippen molar-refractivity contribution in [2.45, 2.75) is 51.8 Å². The lowest BCUT2D eigenvalue weighted by atomic mass is 10.0. The zero-order valence-electron chi connectivity index (χ0n) is 13.4. The van der Waals surface area contributed by atoms with Crippen LogP contribution in [0.5, 0.6) is 0 Å². The maximum absolute atomic E-state index is 11.8. The standard InChI is InChI=1S/C13H27N3O4S.ClH/c1-10(2)20-6-7-21(18,19)15-9-13(17)16-12-4-5-14-11(3)8-12;/h10-12,14-15H,4-9H2,1-3H3,(H,16,17);1H. The van der Waals surface area contributed by atoms with E-state index in [9.17, 15) is 13.2 Å². The first-order chi connectivity index (χ1) is 9.78. The predicted octanol–water partition coefficient (Wildman–Crippen LogP) is 0.00930. The Labute approximate surface area is 139 Å². The number of sulfonamides is 1. The molecule has 0 saturated carbocycles. The number of hydrogen-bond donors (Lipinski definition) is 3. The summed E-state index contributed by atoms with van der Waals surface area (Å²) in [5, 5.41) is 6.16. The van der Waals surface area contributed by atoms with E-state index in [-0.39, 0.29) is 49.4 Å². The molecule has 0 radical (unpaired) electrons. The van der Waals surface area contributed by atoms with Crippen molar-refractivity contribution in [1.82, 2.24) is 15.4 Å². The van der Waals surface area contributed by atoms with Crippen LogP contribution in [-0.2, 0) is 19.6 Å². The van der Waals surface area contributed by atoms with E-state index < -0.39 is 10.0 Å². The molecule has 1 aliphatic rings. The zero-order chi connectivity index (χ0) is 15.9. The molecule has 0 bridgehead atoms. The quantitative estimate of drug-likeness (QED) is 0.568. The average Bonchev–Trinajstić information content (AvgIpc) is 2.36. The van der Waals surface area contributed by atoms with Crippen LogP contribution >= 0.6 is 12.4 Å². The highest BCUT2D eigenvalue weighted by Crippen LogP contribution is 2.07. The van der Waals surface area contributed by atoms with E-state index >= 15 is 0 Å². The molecule has 1 fully saturated rings. The summed E-state index contributed by atoms with van der Waals surface area (Å²) in [6.07, 6.45) is 1.72. The maximum Gasteiger partial charge on any atom is 0.235 e. The molecule has 9 heteroatoms. The lowest BCUT2D eigenvalue weighted by molar-refractivity contribution is -0.120. The molecule has 0 aromatic heterocycles. The normalized spacial score (nSPS) is 22.2. The van der Waals surface area contributed by atoms with Crippen LogP contribution < -0.4 is 15.4 Å². The number of carbonyl (C=O) groups excluding carboxylic acids is 1. The topological polar surface area (TPSA) is 96.5 Å². The largest absolute Gasteiger partial charge is 0.378 e. The maximum atomic E-state index is 11.8. The van der Waals surface area contributed by atoms with Crippen molar-refractivity contribution in [1.29, 1.82) is 0 Å². The van der Waals surface area contributed by atoms with E-state index in [1.54, 1.807) is 0 Å². The monoisotopic (exact) mass is 357 g/mol. The fraction of sp³-hybridized carbons (Fsp3) is 0.923. The van der Waals surface area contributed by atoms with E-state index in [1.807, 2.05) is 13.8 Å². The minimum atomic E-state index is -3.47. The van der Waals surface area contributed by atoms with E-state index in [2.05, 4.69) is 22.3 Å². The Morgan fingerprint density at radius 1 is 1.41 bits per heavy atom. The van der Waals surface area contributed by atoms with Gasteiger partial charge >= 0.3 is 0 Å². The molecule has 1 saturated heterocycles. The van der Waals surface area contributed by atoms with E-state index in [1.165, 1.54) is 0 Å². The van der Waals surface area contributed by atoms with Crippen molar-refractivity contribution in [2.24, 2.45) is 0 Å². The first-order valence-corrected chi connectivity index (χ1v) is 9.05. The van der Waals surface area contributed by atoms with Crippen molar-refractivity contribution >= 4 is 28.3 Å². The minimum absolute atomic E-state index is 0. The van der Waals surface area contributed by atoms with Gasteiger partial charge in [-0.2, -0.15) is 0 Å². The van der Waals surface area contributed by atoms with Crippen LogP contribution in [0.4, 0.5) is 0 Å². The Morgan fingerprint density at radius 3 is 2.68 bits per heavy atom. The van der Waals surface area contributed by atoms with Crippen molar-refractivity contribution in [3.05, 3.63) is 0 Å². The van der Waals surface area contributed by atoms with Gasteiger partial charge in [-0.15, -0.1) is 12.4 Å². The molecule has 1 heterocycles. The summed E-state index contributed by atoms with van der Waals surface area (Å²) in [7, 11) is -3.47. The van der Waals surface area contributed by atoms with Gasteiger partial charge in [-0.1, -0.05) is 0 Å². The molecule has 22 heavy (non-hydrogen) atoms. The summed E-state index contributed by atoms with van der Waals surface area (Å²) in [6, 6.07) is 0.483. The van der Waals surface area contributed by atoms with Gasteiger partial charge in [-0.05, 0) is 40.2 Å². The van der Waals surface area contributed by atoms with Crippen LogP contribution in [0, 0.1) is 0 Å². The second-order valence-electron chi connectivity index (χ2n) is 5.70. The average molecular weight is 358 g/mol. The fourth-order valence-corrected chi connectivity index (χ4v) is 2.99. The number of ether oxygens (including phenoxy) is 1. The SMILES string of the molecule is CC1CC(NC(=O)CNS(=O)(=O)CCOC(C)C)CCN1.Cl. The molecule has 1 rings (SSSR count). The Bertz CT molecular complexity index is 431. The molecule has 0 aromatic carbocycles. The van der Waals surface area contributed by atoms with Gasteiger partial charge in [-0.3, -0.25) is 4.79 Å². The highest BCUT2D eigenvalue weighted by Gasteiger charge is 2.20. The molecule has 1 amide bonds. The van der Waals surface area contributed by atoms with E-state index in [0.29, 0.717) is 6.04 Å². The van der Waals surface area contributed by atoms with E-state index in [4.69, 9.17) is 4.74 Å². The second kappa shape index (κ2) is 10.4. The number of piperidine rings is 1. The molecule has 0 aliphatic carbocycles. The van der Waals surface area contributed by atoms with Crippen LogP contribution in [0.1, 0.15) is 33.6 Å². The molecule has 0 spiro atoms. The minimum Gasteiger partial charge on any atom is -0.378 e. The Kier molecular flexibility index (Phi) is 10.2. The van der Waals surface area contributed by atoms with E-state index in [0.717, 1.165) is 19.4 Å². The summed E-state index contributed by atoms with van der Waals surface area (Å²) >= 11 is 0. The summed E-state index contributed by atoms with van der Waals surface area (Å²) in [5.41, 5.74) is 0. The summed E-state index contributed by atoms with van der Waals surface area (Å²) in [4.78, 5) is 11.8. The van der Waals surface area contributed by atoms with Gasteiger partial charge in [0.2, 0.25) is 15.9 Å². The predicted molar refractivity (Wildman–Crippen MR) is 88.8 cm³/mol. The highest BCUT2D eigenvalue weighted by atomic mass is 35.5. The summed E-state index contributed by atoms with van der Waals surface area (Å²) in [6.45, 7) is 6.52. The van der Waals surface area contributed by atoms with Crippen molar-refractivity contribution in [2.75, 3.05) is 25.4 Å². The van der Waals surface area contributed by atoms with Gasteiger partial charge in [0.25, 0.3) is 0 Å². The summed E-state index contributed by atoms with van der Waals surface area (Å²) in [5.74, 6) is -0.425. The first kappa shape index (κ1) is 21.6. The first-order valence-electron chi connectivity index (χ1n) is 7.40. The van der Waals surface area contributed by atoms with Crippen LogP contribution in [0.25, 0.3) is 0 Å². The third-order valence-electron chi connectivity index (χ3n) is 3.24. The Hall–Kier alpha value is -0.410. The molecule has 0 aromatic rings. The number of amides is 1. The number of nitrogens with one attached hydrogen (secondary N) is 3. The third-order valence-corrected chi connectivity index (χ3v) is 4.53. The van der Waals surface area contributed by atoms with Crippen LogP contribution in [0.2, 0.25) is 0 Å². The van der Waals surface area contributed by atoms with Gasteiger partial charge in [0, 0.05) is 12.1 Å².